The van der Waals surface area contributed by atoms with Crippen LogP contribution in [-0.2, 0) is 28.7 Å². The summed E-state index contributed by atoms with van der Waals surface area (Å²) in [6.45, 7) is 13.0. The minimum Gasteiger partial charge on any atom is -0.391 e. The van der Waals surface area contributed by atoms with Gasteiger partial charge in [0.25, 0.3) is 0 Å². The molecule has 4 amide bonds. The van der Waals surface area contributed by atoms with Gasteiger partial charge in [-0.2, -0.15) is 0 Å². The first-order valence-corrected chi connectivity index (χ1v) is 24.2. The zero-order valence-electron chi connectivity index (χ0n) is 38.9. The van der Waals surface area contributed by atoms with Crippen molar-refractivity contribution >= 4 is 63.9 Å². The van der Waals surface area contributed by atoms with Gasteiger partial charge in [-0.3, -0.25) is 28.7 Å². The molecule has 20 heteroatoms. The number of hydrogen-bond donors (Lipinski definition) is 4. The van der Waals surface area contributed by atoms with E-state index in [1.165, 1.54) is 4.90 Å². The van der Waals surface area contributed by atoms with Crippen molar-refractivity contribution in [2.45, 2.75) is 91.0 Å². The Morgan fingerprint density at radius 1 is 0.897 bits per heavy atom. The van der Waals surface area contributed by atoms with Crippen LogP contribution in [-0.4, -0.2) is 117 Å². The molecule has 0 bridgehead atoms. The molecule has 0 radical (unpaired) electrons. The lowest BCUT2D eigenvalue weighted by Crippen LogP contribution is -2.49. The van der Waals surface area contributed by atoms with Crippen molar-refractivity contribution < 1.29 is 38.3 Å². The predicted molar refractivity (Wildman–Crippen MR) is 257 cm³/mol. The van der Waals surface area contributed by atoms with E-state index in [0.29, 0.717) is 38.7 Å². The second kappa shape index (κ2) is 22.7. The Morgan fingerprint density at radius 2 is 1.54 bits per heavy atom. The van der Waals surface area contributed by atoms with Gasteiger partial charge in [-0.15, -0.1) is 21.5 Å². The molecule has 2 aliphatic heterocycles. The number of aliphatic hydroxyl groups is 1. The molecule has 5 heterocycles. The van der Waals surface area contributed by atoms with Gasteiger partial charge in [0.05, 0.1) is 62.8 Å². The molecule has 0 aliphatic carbocycles. The SMILES string of the molecule is Cc1cc(C(C(=O)N2CC(O)CC2C(=O)NC(CC(=O)NCCOCCOCCNC(=O)CC2N=C(c3ccc(Cl)cc3)c3c(sc(C)c3C)-n3c(C)nnc32)c2ccc(Cl)cc2)C(C)C)on1. The number of ether oxygens (including phenoxy) is 2. The van der Waals surface area contributed by atoms with Gasteiger partial charge in [-0.1, -0.05) is 66.5 Å². The molecular weight excluding hydrogens is 934 g/mol. The fraction of sp³-hybridized carbons (Fsp3) is 0.458. The van der Waals surface area contributed by atoms with E-state index in [0.717, 1.165) is 32.3 Å². The number of hydrogen-bond acceptors (Lipinski definition) is 13. The summed E-state index contributed by atoms with van der Waals surface area (Å²) >= 11 is 14.0. The van der Waals surface area contributed by atoms with Crippen LogP contribution in [0.25, 0.3) is 5.00 Å². The highest BCUT2D eigenvalue weighted by atomic mass is 35.5. The van der Waals surface area contributed by atoms with E-state index in [-0.39, 0.29) is 89.0 Å². The van der Waals surface area contributed by atoms with Crippen molar-refractivity contribution in [2.24, 2.45) is 10.9 Å². The van der Waals surface area contributed by atoms with Gasteiger partial charge in [-0.25, -0.2) is 0 Å². The number of rotatable bonds is 20. The molecule has 362 valence electrons. The Morgan fingerprint density at radius 3 is 2.18 bits per heavy atom. The number of nitrogens with zero attached hydrogens (tertiary/aromatic N) is 6. The standard InChI is InChI=1S/C48H57Cl2N9O8S/c1-26(2)42(39-21-27(3)57-67-39)47(64)58-25-35(60)22-38(58)46(63)54-36(31-7-11-33(49)12-8-31)23-40(61)51-15-17-65-19-20-66-18-16-52-41(62)24-37-45-56-55-30(6)59(45)48-43(28(4)29(5)68-48)44(53-37)32-9-13-34(50)14-10-32/h7-14,21,26,35-38,42,60H,15-20,22-25H2,1-6H3,(H,51,61)(H,52,62)(H,54,63). The van der Waals surface area contributed by atoms with Crippen molar-refractivity contribution in [1.82, 2.24) is 40.8 Å². The van der Waals surface area contributed by atoms with Gasteiger partial charge in [0.1, 0.15) is 34.6 Å². The maximum Gasteiger partial charge on any atom is 0.243 e. The smallest absolute Gasteiger partial charge is 0.243 e. The monoisotopic (exact) mass is 989 g/mol. The molecule has 5 aromatic rings. The summed E-state index contributed by atoms with van der Waals surface area (Å²) in [6.07, 6.45) is -0.922. The molecule has 5 unspecified atom stereocenters. The third kappa shape index (κ3) is 12.0. The molecule has 4 N–H and O–H groups in total. The third-order valence-corrected chi connectivity index (χ3v) is 13.7. The number of aliphatic imine (C=N–C) groups is 1. The molecule has 2 aliphatic rings. The zero-order chi connectivity index (χ0) is 48.6. The lowest BCUT2D eigenvalue weighted by Gasteiger charge is -2.30. The Bertz CT molecular complexity index is 2610. The van der Waals surface area contributed by atoms with Crippen molar-refractivity contribution in [1.29, 1.82) is 0 Å². The summed E-state index contributed by atoms with van der Waals surface area (Å²) < 4.78 is 18.8. The predicted octanol–water partition coefficient (Wildman–Crippen LogP) is 6.05. The summed E-state index contributed by atoms with van der Waals surface area (Å²) in [7, 11) is 0. The lowest BCUT2D eigenvalue weighted by molar-refractivity contribution is -0.141. The van der Waals surface area contributed by atoms with E-state index < -0.39 is 36.1 Å². The average Bonchev–Trinajstić information content (AvgIpc) is 4.06. The van der Waals surface area contributed by atoms with Gasteiger partial charge in [0.15, 0.2) is 5.82 Å². The highest BCUT2D eigenvalue weighted by Gasteiger charge is 2.44. The van der Waals surface area contributed by atoms with Crippen LogP contribution in [0.2, 0.25) is 10.0 Å². The van der Waals surface area contributed by atoms with Gasteiger partial charge >= 0.3 is 0 Å². The van der Waals surface area contributed by atoms with Crippen molar-refractivity contribution in [3.05, 3.63) is 115 Å². The summed E-state index contributed by atoms with van der Waals surface area (Å²) in [5.41, 5.74) is 5.03. The van der Waals surface area contributed by atoms with Crippen LogP contribution in [0.1, 0.15) is 101 Å². The molecule has 68 heavy (non-hydrogen) atoms. The summed E-state index contributed by atoms with van der Waals surface area (Å²) in [5.74, 6) is -0.572. The molecule has 1 fully saturated rings. The van der Waals surface area contributed by atoms with Crippen molar-refractivity contribution in [3.63, 3.8) is 0 Å². The molecule has 5 atom stereocenters. The summed E-state index contributed by atoms with van der Waals surface area (Å²) in [4.78, 5) is 62.1. The lowest BCUT2D eigenvalue weighted by atomic mass is 9.91. The first kappa shape index (κ1) is 50.4. The van der Waals surface area contributed by atoms with Crippen molar-refractivity contribution in [3.8, 4) is 5.00 Å². The molecule has 0 saturated carbocycles. The fourth-order valence-electron chi connectivity index (χ4n) is 8.45. The van der Waals surface area contributed by atoms with Crippen LogP contribution in [0.15, 0.2) is 64.1 Å². The number of likely N-dealkylation sites (tertiary alicyclic amines) is 1. The van der Waals surface area contributed by atoms with Crippen LogP contribution in [0.5, 0.6) is 0 Å². The maximum absolute atomic E-state index is 13.9. The highest BCUT2D eigenvalue weighted by molar-refractivity contribution is 7.15. The quantitative estimate of drug-likeness (QED) is 0.0659. The van der Waals surface area contributed by atoms with E-state index in [1.807, 2.05) is 49.6 Å². The minimum absolute atomic E-state index is 0.0199. The maximum atomic E-state index is 13.9. The van der Waals surface area contributed by atoms with Gasteiger partial charge in [-0.05, 0) is 69.0 Å². The molecule has 1 saturated heterocycles. The van der Waals surface area contributed by atoms with E-state index in [2.05, 4.69) is 45.2 Å². The number of β-amino-alcohol motifs (C(OH)–C–C–N with tert-alkyl or cyclic N) is 1. The van der Waals surface area contributed by atoms with E-state index >= 15 is 0 Å². The molecule has 7 rings (SSSR count). The number of aryl methyl sites for hydroxylation is 3. The van der Waals surface area contributed by atoms with Gasteiger partial charge < -0.3 is 40.0 Å². The number of nitrogens with one attached hydrogen (secondary N) is 3. The Balaban J connectivity index is 0.849. The second-order valence-corrected chi connectivity index (χ2v) is 19.4. The van der Waals surface area contributed by atoms with Crippen LogP contribution in [0, 0.1) is 33.6 Å². The first-order chi connectivity index (χ1) is 32.6. The highest BCUT2D eigenvalue weighted by Crippen LogP contribution is 2.40. The van der Waals surface area contributed by atoms with Crippen LogP contribution in [0.4, 0.5) is 0 Å². The molecule has 2 aromatic carbocycles. The van der Waals surface area contributed by atoms with E-state index in [4.69, 9.17) is 42.2 Å². The van der Waals surface area contributed by atoms with Gasteiger partial charge in [0, 0.05) is 58.2 Å². The molecule has 3 aromatic heterocycles. The largest absolute Gasteiger partial charge is 0.391 e. The topological polar surface area (TPSA) is 215 Å². The van der Waals surface area contributed by atoms with E-state index in [1.54, 1.807) is 48.6 Å². The van der Waals surface area contributed by atoms with E-state index in [9.17, 15) is 24.3 Å². The number of aromatic nitrogens is 4. The zero-order valence-corrected chi connectivity index (χ0v) is 41.2. The number of amides is 4. The van der Waals surface area contributed by atoms with Crippen LogP contribution >= 0.6 is 34.5 Å². The number of carbonyl (C=O) groups is 4. The normalized spacial score (nSPS) is 17.5. The number of benzene rings is 2. The Labute approximate surface area is 409 Å². The number of fused-ring (bicyclic) bond motifs is 3. The minimum atomic E-state index is -0.971. The number of aliphatic hydroxyl groups excluding tert-OH is 1. The second-order valence-electron chi connectivity index (χ2n) is 17.3. The third-order valence-electron chi connectivity index (χ3n) is 12.0. The van der Waals surface area contributed by atoms with Crippen LogP contribution < -0.4 is 16.0 Å². The fourth-order valence-corrected chi connectivity index (χ4v) is 9.92. The molecular formula is C48H57Cl2N9O8S. The van der Waals surface area contributed by atoms with Gasteiger partial charge in [0.2, 0.25) is 23.6 Å². The number of thiophene rings is 1. The Kier molecular flexibility index (Phi) is 16.8. The summed E-state index contributed by atoms with van der Waals surface area (Å²) in [5, 5.41) is 34.2. The number of carbonyl (C=O) groups excluding carboxylic acids is 4. The summed E-state index contributed by atoms with van der Waals surface area (Å²) in [6, 6.07) is 13.7. The molecule has 17 nitrogen and oxygen atoms in total. The van der Waals surface area contributed by atoms with Crippen LogP contribution in [0.3, 0.4) is 0 Å². The van der Waals surface area contributed by atoms with Crippen molar-refractivity contribution in [2.75, 3.05) is 46.1 Å². The Hall–Kier alpha value is -5.50. The molecule has 0 spiro atoms. The average molecular weight is 991 g/mol. The number of halogens is 2. The first-order valence-electron chi connectivity index (χ1n) is 22.6.